The summed E-state index contributed by atoms with van der Waals surface area (Å²) in [7, 11) is 1.75. The number of rotatable bonds is 5. The van der Waals surface area contributed by atoms with Crippen LogP contribution >= 0.6 is 0 Å². The number of nitrogens with one attached hydrogen (secondary N) is 1. The number of benzene rings is 1. The number of aliphatic hydroxyl groups is 1. The van der Waals surface area contributed by atoms with Crippen LogP contribution in [0.25, 0.3) is 0 Å². The lowest BCUT2D eigenvalue weighted by Crippen LogP contribution is -2.56. The van der Waals surface area contributed by atoms with E-state index in [9.17, 15) is 14.7 Å². The lowest BCUT2D eigenvalue weighted by molar-refractivity contribution is -0.156. The third-order valence-corrected chi connectivity index (χ3v) is 14.4. The molecule has 6 fully saturated rings. The molecule has 1 aromatic rings. The van der Waals surface area contributed by atoms with Gasteiger partial charge in [0, 0.05) is 21.9 Å². The topological polar surface area (TPSA) is 78.9 Å². The molecule has 0 bridgehead atoms. The summed E-state index contributed by atoms with van der Waals surface area (Å²) in [4.78, 5) is 27.7. The summed E-state index contributed by atoms with van der Waals surface area (Å²) in [5, 5.41) is 14.0. The Hall–Kier alpha value is -1.92. The van der Waals surface area contributed by atoms with Gasteiger partial charge in [0.15, 0.2) is 0 Å². The van der Waals surface area contributed by atoms with Crippen LogP contribution in [0.4, 0.5) is 0 Å². The minimum absolute atomic E-state index is 0. The van der Waals surface area contributed by atoms with Gasteiger partial charge in [0.2, 0.25) is 11.8 Å². The first-order valence-corrected chi connectivity index (χ1v) is 16.8. The van der Waals surface area contributed by atoms with E-state index in [2.05, 4.69) is 26.1 Å². The predicted octanol–water partition coefficient (Wildman–Crippen LogP) is 5.96. The molecule has 2 N–H and O–H groups in total. The van der Waals surface area contributed by atoms with Gasteiger partial charge in [-0.05, 0) is 115 Å². The SMILES string of the molecule is CC(=O)N(C)C(C(=O)NCc1ccccc1)C1CCC2C(CC3C4CCC5C(C)(C)[C@@H](O)CCC56C[C@@]46CCC23C)O1.[HH]. The molecule has 42 heavy (non-hydrogen) atoms. The number of ether oxygens (including phenoxy) is 1. The van der Waals surface area contributed by atoms with Gasteiger partial charge in [-0.25, -0.2) is 0 Å². The number of hydrogen-bond donors (Lipinski definition) is 2. The van der Waals surface area contributed by atoms with Crippen LogP contribution in [0.15, 0.2) is 30.3 Å². The zero-order valence-corrected chi connectivity index (χ0v) is 26.4. The molecule has 1 heterocycles. The number of fused-ring (bicyclic) bond motifs is 4. The molecule has 11 atom stereocenters. The van der Waals surface area contributed by atoms with Crippen molar-refractivity contribution in [1.82, 2.24) is 10.2 Å². The van der Waals surface area contributed by atoms with Gasteiger partial charge in [-0.3, -0.25) is 9.59 Å². The molecule has 6 nitrogen and oxygen atoms in total. The lowest BCUT2D eigenvalue weighted by atomic mass is 9.46. The number of aliphatic hydroxyl groups excluding tert-OH is 1. The highest BCUT2D eigenvalue weighted by molar-refractivity contribution is 5.87. The highest BCUT2D eigenvalue weighted by Crippen LogP contribution is 2.87. The van der Waals surface area contributed by atoms with Crippen molar-refractivity contribution >= 4 is 11.8 Å². The molecule has 1 aromatic carbocycles. The van der Waals surface area contributed by atoms with E-state index >= 15 is 0 Å². The maximum absolute atomic E-state index is 13.6. The highest BCUT2D eigenvalue weighted by Gasteiger charge is 2.80. The molecule has 0 aromatic heterocycles. The van der Waals surface area contributed by atoms with Crippen LogP contribution in [0.1, 0.15) is 98.9 Å². The maximum atomic E-state index is 13.6. The van der Waals surface area contributed by atoms with Crippen LogP contribution in [-0.2, 0) is 20.9 Å². The Labute approximate surface area is 253 Å². The molecular weight excluding hydrogens is 524 g/mol. The van der Waals surface area contributed by atoms with Gasteiger partial charge >= 0.3 is 0 Å². The number of likely N-dealkylation sites (N-methyl/N-ethyl adjacent to an activating group) is 1. The van der Waals surface area contributed by atoms with Crippen molar-refractivity contribution in [2.24, 2.45) is 45.3 Å². The van der Waals surface area contributed by atoms with Crippen molar-refractivity contribution in [3.8, 4) is 0 Å². The van der Waals surface area contributed by atoms with Crippen molar-refractivity contribution in [3.63, 3.8) is 0 Å². The molecular formula is C36H54N2O4. The first kappa shape index (κ1) is 28.8. The van der Waals surface area contributed by atoms with Gasteiger partial charge < -0.3 is 20.1 Å². The Kier molecular flexibility index (Phi) is 6.72. The highest BCUT2D eigenvalue weighted by atomic mass is 16.5. The van der Waals surface area contributed by atoms with Crippen LogP contribution in [0, 0.1) is 45.3 Å². The van der Waals surface area contributed by atoms with Gasteiger partial charge in [-0.15, -0.1) is 0 Å². The van der Waals surface area contributed by atoms with Gasteiger partial charge in [-0.1, -0.05) is 51.1 Å². The molecule has 1 aliphatic heterocycles. The third-order valence-electron chi connectivity index (χ3n) is 14.4. The molecule has 6 aliphatic rings. The van der Waals surface area contributed by atoms with Crippen molar-refractivity contribution < 1.29 is 20.9 Å². The van der Waals surface area contributed by atoms with E-state index < -0.39 is 6.04 Å². The number of amides is 2. The quantitative estimate of drug-likeness (QED) is 0.452. The summed E-state index contributed by atoms with van der Waals surface area (Å²) in [5.41, 5.74) is 2.28. The average Bonchev–Trinajstić information content (AvgIpc) is 3.55. The van der Waals surface area contributed by atoms with Gasteiger partial charge in [-0.2, -0.15) is 0 Å². The summed E-state index contributed by atoms with van der Waals surface area (Å²) in [5.74, 6) is 2.38. The number of hydrogen-bond acceptors (Lipinski definition) is 4. The number of carbonyl (C=O) groups excluding carboxylic acids is 2. The zero-order chi connectivity index (χ0) is 29.7. The van der Waals surface area contributed by atoms with Crippen molar-refractivity contribution in [3.05, 3.63) is 35.9 Å². The fourth-order valence-corrected chi connectivity index (χ4v) is 12.2. The number of nitrogens with zero attached hydrogens (tertiary/aromatic N) is 1. The van der Waals surface area contributed by atoms with Crippen LogP contribution in [0.2, 0.25) is 0 Å². The van der Waals surface area contributed by atoms with Crippen molar-refractivity contribution in [2.75, 3.05) is 7.05 Å². The summed E-state index contributed by atoms with van der Waals surface area (Å²) in [6.45, 7) is 9.23. The minimum atomic E-state index is -0.619. The molecule has 0 radical (unpaired) electrons. The summed E-state index contributed by atoms with van der Waals surface area (Å²) < 4.78 is 6.96. The van der Waals surface area contributed by atoms with Gasteiger partial charge in [0.1, 0.15) is 6.04 Å². The maximum Gasteiger partial charge on any atom is 0.245 e. The average molecular weight is 579 g/mol. The second-order valence-corrected chi connectivity index (χ2v) is 16.1. The molecule has 5 aliphatic carbocycles. The van der Waals surface area contributed by atoms with Gasteiger partial charge in [0.05, 0.1) is 18.3 Å². The second-order valence-electron chi connectivity index (χ2n) is 16.1. The van der Waals surface area contributed by atoms with Crippen LogP contribution in [0.3, 0.4) is 0 Å². The number of carbonyl (C=O) groups is 2. The first-order valence-electron chi connectivity index (χ1n) is 16.8. The standard InChI is InChI=1S/C36H52N2O4.H2/c1-22(39)38(5)31(32(41)37-20-23-9-7-6-8-10-23)27-13-11-25-28(42-27)19-26-24-12-14-29-33(2,3)30(40)15-16-36(29)21-35(24,36)18-17-34(25,26)4;/h6-10,24-31,40H,11-21H2,1-5H3,(H,37,41);1H/t24?,25?,26?,27?,28?,29?,30-,31?,34?,35-,36?;/m0./s1. The van der Waals surface area contributed by atoms with Crippen LogP contribution in [0.5, 0.6) is 0 Å². The Morgan fingerprint density at radius 1 is 1.00 bits per heavy atom. The minimum Gasteiger partial charge on any atom is -0.393 e. The van der Waals surface area contributed by atoms with E-state index in [0.29, 0.717) is 40.5 Å². The van der Waals surface area contributed by atoms with Crippen LogP contribution in [-0.4, -0.2) is 53.2 Å². The van der Waals surface area contributed by atoms with Gasteiger partial charge in [0.25, 0.3) is 0 Å². The van der Waals surface area contributed by atoms with E-state index in [1.54, 1.807) is 18.9 Å². The smallest absolute Gasteiger partial charge is 0.245 e. The van der Waals surface area contributed by atoms with Crippen LogP contribution < -0.4 is 5.32 Å². The van der Waals surface area contributed by atoms with E-state index in [-0.39, 0.29) is 37.0 Å². The summed E-state index contributed by atoms with van der Waals surface area (Å²) in [6, 6.07) is 9.32. The van der Waals surface area contributed by atoms with E-state index in [1.165, 1.54) is 38.5 Å². The molecule has 1 saturated heterocycles. The molecule has 2 amide bonds. The van der Waals surface area contributed by atoms with E-state index in [4.69, 9.17) is 4.74 Å². The fourth-order valence-electron chi connectivity index (χ4n) is 12.2. The molecule has 5 saturated carbocycles. The Bertz CT molecular complexity index is 1240. The Balaban J connectivity index is 0.00000329. The third kappa shape index (κ3) is 3.95. The fraction of sp³-hybridized carbons (Fsp3) is 0.778. The summed E-state index contributed by atoms with van der Waals surface area (Å²) in [6.07, 6.45) is 11.4. The molecule has 2 spiro atoms. The normalized spacial score (nSPS) is 45.2. The molecule has 6 heteroatoms. The molecule has 7 rings (SSSR count). The molecule has 9 unspecified atom stereocenters. The predicted molar refractivity (Wildman–Crippen MR) is 164 cm³/mol. The Morgan fingerprint density at radius 2 is 1.74 bits per heavy atom. The lowest BCUT2D eigenvalue weighted by Gasteiger charge is -2.59. The van der Waals surface area contributed by atoms with E-state index in [1.807, 2.05) is 30.3 Å². The first-order chi connectivity index (χ1) is 19.9. The van der Waals surface area contributed by atoms with Crippen molar-refractivity contribution in [2.45, 2.75) is 123 Å². The zero-order valence-electron chi connectivity index (χ0n) is 26.4. The largest absolute Gasteiger partial charge is 0.393 e. The second kappa shape index (κ2) is 9.79. The van der Waals surface area contributed by atoms with E-state index in [0.717, 1.165) is 37.2 Å². The van der Waals surface area contributed by atoms with Crippen molar-refractivity contribution in [1.29, 1.82) is 0 Å². The molecule has 232 valence electrons. The Morgan fingerprint density at radius 3 is 2.48 bits per heavy atom. The summed E-state index contributed by atoms with van der Waals surface area (Å²) >= 11 is 0. The monoisotopic (exact) mass is 578 g/mol.